The number of amides is 1. The van der Waals surface area contributed by atoms with Gasteiger partial charge in [-0.15, -0.1) is 0 Å². The van der Waals surface area contributed by atoms with Crippen LogP contribution in [0.3, 0.4) is 0 Å². The maximum absolute atomic E-state index is 12.8. The fourth-order valence-electron chi connectivity index (χ4n) is 4.44. The van der Waals surface area contributed by atoms with Gasteiger partial charge in [0.25, 0.3) is 15.9 Å². The van der Waals surface area contributed by atoms with Crippen molar-refractivity contribution in [2.24, 2.45) is 0 Å². The molecule has 0 radical (unpaired) electrons. The van der Waals surface area contributed by atoms with E-state index in [9.17, 15) is 13.2 Å². The van der Waals surface area contributed by atoms with E-state index < -0.39 is 10.0 Å². The third kappa shape index (κ3) is 5.96. The number of halogens is 1. The molecule has 8 heteroatoms. The second-order valence-electron chi connectivity index (χ2n) is 8.95. The number of aryl methyl sites for hydroxylation is 1. The molecule has 2 N–H and O–H groups in total. The number of para-hydroxylation sites is 1. The molecule has 6 nitrogen and oxygen atoms in total. The van der Waals surface area contributed by atoms with Gasteiger partial charge in [-0.3, -0.25) is 9.52 Å². The number of nitrogens with one attached hydrogen (secondary N) is 2. The highest BCUT2D eigenvalue weighted by Gasteiger charge is 2.17. The summed E-state index contributed by atoms with van der Waals surface area (Å²) in [4.78, 5) is 15.2. The van der Waals surface area contributed by atoms with Crippen LogP contribution < -0.4 is 14.9 Å². The number of benzene rings is 4. The molecule has 0 saturated carbocycles. The topological polar surface area (TPSA) is 78.5 Å². The lowest BCUT2D eigenvalue weighted by Crippen LogP contribution is -2.28. The van der Waals surface area contributed by atoms with E-state index in [1.54, 1.807) is 30.3 Å². The lowest BCUT2D eigenvalue weighted by molar-refractivity contribution is 0.102. The molecule has 0 spiro atoms. The zero-order chi connectivity index (χ0) is 25.8. The third-order valence-corrected chi connectivity index (χ3v) is 7.93. The molecule has 1 aliphatic rings. The van der Waals surface area contributed by atoms with Crippen molar-refractivity contribution >= 4 is 44.6 Å². The van der Waals surface area contributed by atoms with Gasteiger partial charge in [-0.25, -0.2) is 8.42 Å². The summed E-state index contributed by atoms with van der Waals surface area (Å²) in [5.74, 6) is -0.262. The molecule has 0 bridgehead atoms. The molecule has 0 atom stereocenters. The maximum atomic E-state index is 12.8. The van der Waals surface area contributed by atoms with Gasteiger partial charge >= 0.3 is 0 Å². The molecule has 1 amide bonds. The first-order valence-corrected chi connectivity index (χ1v) is 13.9. The molecule has 1 aliphatic heterocycles. The molecule has 0 fully saturated rings. The van der Waals surface area contributed by atoms with Crippen LogP contribution in [0.5, 0.6) is 0 Å². The minimum Gasteiger partial charge on any atom is -0.367 e. The van der Waals surface area contributed by atoms with E-state index in [1.165, 1.54) is 29.4 Å². The summed E-state index contributed by atoms with van der Waals surface area (Å²) < 4.78 is 27.8. The predicted molar refractivity (Wildman–Crippen MR) is 149 cm³/mol. The number of nitrogens with zero attached hydrogens (tertiary/aromatic N) is 1. The Morgan fingerprint density at radius 2 is 1.62 bits per heavy atom. The van der Waals surface area contributed by atoms with Gasteiger partial charge in [-0.1, -0.05) is 48.0 Å². The minimum absolute atomic E-state index is 0.0779. The van der Waals surface area contributed by atoms with Crippen molar-refractivity contribution in [2.45, 2.75) is 24.3 Å². The second-order valence-corrected chi connectivity index (χ2v) is 11.1. The van der Waals surface area contributed by atoms with E-state index in [1.807, 2.05) is 24.3 Å². The summed E-state index contributed by atoms with van der Waals surface area (Å²) >= 11 is 5.93. The molecule has 4 aromatic rings. The van der Waals surface area contributed by atoms with Crippen LogP contribution in [0.15, 0.2) is 102 Å². The van der Waals surface area contributed by atoms with E-state index in [0.717, 1.165) is 31.5 Å². The minimum atomic E-state index is -3.79. The van der Waals surface area contributed by atoms with Crippen LogP contribution in [-0.4, -0.2) is 20.9 Å². The van der Waals surface area contributed by atoms with Gasteiger partial charge in [0.15, 0.2) is 0 Å². The van der Waals surface area contributed by atoms with Crippen molar-refractivity contribution in [1.82, 2.24) is 0 Å². The first-order chi connectivity index (χ1) is 17.9. The second kappa shape index (κ2) is 10.7. The summed E-state index contributed by atoms with van der Waals surface area (Å²) in [5.41, 5.74) is 5.20. The Bertz CT molecular complexity index is 1520. The molecule has 0 saturated heterocycles. The zero-order valence-electron chi connectivity index (χ0n) is 20.0. The Labute approximate surface area is 222 Å². The van der Waals surface area contributed by atoms with Gasteiger partial charge in [-0.05, 0) is 84.6 Å². The first-order valence-electron chi connectivity index (χ1n) is 12.0. The average Bonchev–Trinajstić information content (AvgIpc) is 2.89. The summed E-state index contributed by atoms with van der Waals surface area (Å²) in [6, 6.07) is 28.6. The van der Waals surface area contributed by atoms with Crippen molar-refractivity contribution in [2.75, 3.05) is 21.5 Å². The molecule has 0 aromatic heterocycles. The monoisotopic (exact) mass is 531 g/mol. The highest BCUT2D eigenvalue weighted by molar-refractivity contribution is 7.92. The molecule has 1 heterocycles. The summed E-state index contributed by atoms with van der Waals surface area (Å²) in [7, 11) is -3.79. The van der Waals surface area contributed by atoms with E-state index in [-0.39, 0.29) is 10.8 Å². The Balaban J connectivity index is 1.21. The van der Waals surface area contributed by atoms with Crippen LogP contribution in [0.1, 0.15) is 27.9 Å². The molecule has 4 aromatic carbocycles. The lowest BCUT2D eigenvalue weighted by atomic mass is 10.0. The molecule has 188 valence electrons. The van der Waals surface area contributed by atoms with Gasteiger partial charge in [0.2, 0.25) is 0 Å². The number of carbonyl (C=O) groups is 1. The van der Waals surface area contributed by atoms with E-state index in [2.05, 4.69) is 39.2 Å². The van der Waals surface area contributed by atoms with E-state index in [4.69, 9.17) is 11.6 Å². The van der Waals surface area contributed by atoms with Crippen LogP contribution in [0.2, 0.25) is 5.02 Å². The van der Waals surface area contributed by atoms with Crippen molar-refractivity contribution in [3.8, 4) is 0 Å². The van der Waals surface area contributed by atoms with Crippen LogP contribution in [0.25, 0.3) is 0 Å². The Kier molecular flexibility index (Phi) is 7.17. The predicted octanol–water partition coefficient (Wildman–Crippen LogP) is 6.35. The van der Waals surface area contributed by atoms with E-state index >= 15 is 0 Å². The van der Waals surface area contributed by atoms with Crippen molar-refractivity contribution in [1.29, 1.82) is 0 Å². The quantitative estimate of drug-likeness (QED) is 0.291. The molecular formula is C29H26ClN3O3S. The number of sulfonamides is 1. The van der Waals surface area contributed by atoms with Gasteiger partial charge in [0, 0.05) is 35.1 Å². The number of anilines is 3. The first kappa shape index (κ1) is 24.9. The third-order valence-electron chi connectivity index (χ3n) is 6.30. The Morgan fingerprint density at radius 3 is 2.38 bits per heavy atom. The van der Waals surface area contributed by atoms with Gasteiger partial charge in [0.05, 0.1) is 10.6 Å². The largest absolute Gasteiger partial charge is 0.367 e. The van der Waals surface area contributed by atoms with Crippen LogP contribution in [-0.2, 0) is 23.0 Å². The van der Waals surface area contributed by atoms with Crippen molar-refractivity contribution in [3.05, 3.63) is 119 Å². The van der Waals surface area contributed by atoms with Gasteiger partial charge in [-0.2, -0.15) is 0 Å². The molecule has 5 rings (SSSR count). The molecule has 0 aliphatic carbocycles. The highest BCUT2D eigenvalue weighted by Crippen LogP contribution is 2.28. The van der Waals surface area contributed by atoms with Crippen LogP contribution in [0, 0.1) is 0 Å². The van der Waals surface area contributed by atoms with Crippen molar-refractivity contribution in [3.63, 3.8) is 0 Å². The SMILES string of the molecule is O=C(Nc1ccc(S(=O)(=O)Nc2cccc(Cl)c2)cc1)c1ccc(CN2CCCc3ccccc32)cc1. The van der Waals surface area contributed by atoms with Crippen LogP contribution in [0.4, 0.5) is 17.1 Å². The summed E-state index contributed by atoms with van der Waals surface area (Å²) in [6.45, 7) is 1.80. The fraction of sp³-hybridized carbons (Fsp3) is 0.138. The number of rotatable bonds is 7. The van der Waals surface area contributed by atoms with Crippen molar-refractivity contribution < 1.29 is 13.2 Å². The number of hydrogen-bond donors (Lipinski definition) is 2. The number of carbonyl (C=O) groups excluding carboxylic acids is 1. The summed E-state index contributed by atoms with van der Waals surface area (Å²) in [5, 5.41) is 3.26. The van der Waals surface area contributed by atoms with Crippen LogP contribution >= 0.6 is 11.6 Å². The highest BCUT2D eigenvalue weighted by atomic mass is 35.5. The standard InChI is InChI=1S/C29H26ClN3O3S/c30-24-7-3-8-26(19-24)32-37(35,36)27-16-14-25(15-17-27)31-29(34)23-12-10-21(11-13-23)20-33-18-4-6-22-5-1-2-9-28(22)33/h1-3,5,7-17,19,32H,4,6,18,20H2,(H,31,34). The summed E-state index contributed by atoms with van der Waals surface area (Å²) in [6.07, 6.45) is 2.24. The average molecular weight is 532 g/mol. The normalized spacial score (nSPS) is 13.1. The Hall–Kier alpha value is -3.81. The number of hydrogen-bond acceptors (Lipinski definition) is 4. The number of fused-ring (bicyclic) bond motifs is 1. The molecular weight excluding hydrogens is 506 g/mol. The fourth-order valence-corrected chi connectivity index (χ4v) is 5.68. The van der Waals surface area contributed by atoms with E-state index in [0.29, 0.717) is 22.0 Å². The molecule has 0 unspecified atom stereocenters. The van der Waals surface area contributed by atoms with Gasteiger partial charge in [0.1, 0.15) is 0 Å². The zero-order valence-corrected chi connectivity index (χ0v) is 21.6. The Morgan fingerprint density at radius 1 is 0.865 bits per heavy atom. The smallest absolute Gasteiger partial charge is 0.261 e. The lowest BCUT2D eigenvalue weighted by Gasteiger charge is -2.31. The van der Waals surface area contributed by atoms with Gasteiger partial charge < -0.3 is 10.2 Å². The molecule has 37 heavy (non-hydrogen) atoms. The maximum Gasteiger partial charge on any atom is 0.261 e.